The average Bonchev–Trinajstić information content (AvgIpc) is 2.66. The van der Waals surface area contributed by atoms with Crippen LogP contribution < -0.4 is 0 Å². The normalized spacial score (nSPS) is 20.3. The molecule has 0 aliphatic carbocycles. The molecule has 0 radical (unpaired) electrons. The van der Waals surface area contributed by atoms with Crippen molar-refractivity contribution >= 4 is 5.90 Å². The van der Waals surface area contributed by atoms with E-state index in [4.69, 9.17) is 4.74 Å². The van der Waals surface area contributed by atoms with Crippen LogP contribution in [0.25, 0.3) is 0 Å². The van der Waals surface area contributed by atoms with Crippen molar-refractivity contribution < 1.29 is 9.13 Å². The van der Waals surface area contributed by atoms with Crippen molar-refractivity contribution in [3.8, 4) is 0 Å². The smallest absolute Gasteiger partial charge is 0.216 e. The summed E-state index contributed by atoms with van der Waals surface area (Å²) in [6.07, 6.45) is 0. The molecule has 0 spiro atoms. The SMILES string of the molecule is CC(C)[C@@H]1COC(c2cccc(F)c2)=N1. The first kappa shape index (κ1) is 10.1. The number of halogens is 1. The van der Waals surface area contributed by atoms with E-state index >= 15 is 0 Å². The molecule has 1 heterocycles. The van der Waals surface area contributed by atoms with Gasteiger partial charge in [0.05, 0.1) is 6.04 Å². The zero-order valence-electron chi connectivity index (χ0n) is 8.90. The van der Waals surface area contributed by atoms with Crippen LogP contribution in [0.1, 0.15) is 19.4 Å². The van der Waals surface area contributed by atoms with Gasteiger partial charge in [-0.25, -0.2) is 9.38 Å². The average molecular weight is 207 g/mol. The van der Waals surface area contributed by atoms with E-state index in [0.717, 1.165) is 5.56 Å². The van der Waals surface area contributed by atoms with Crippen LogP contribution in [0.15, 0.2) is 29.3 Å². The van der Waals surface area contributed by atoms with Crippen LogP contribution in [0.2, 0.25) is 0 Å². The van der Waals surface area contributed by atoms with E-state index < -0.39 is 0 Å². The fraction of sp³-hybridized carbons (Fsp3) is 0.417. The second kappa shape index (κ2) is 4.01. The predicted octanol–water partition coefficient (Wildman–Crippen LogP) is 2.63. The Morgan fingerprint density at radius 3 is 2.87 bits per heavy atom. The van der Waals surface area contributed by atoms with Crippen LogP contribution >= 0.6 is 0 Å². The number of hydrogen-bond acceptors (Lipinski definition) is 2. The van der Waals surface area contributed by atoms with Crippen LogP contribution in [0.5, 0.6) is 0 Å². The summed E-state index contributed by atoms with van der Waals surface area (Å²) in [4.78, 5) is 4.43. The van der Waals surface area contributed by atoms with E-state index in [1.807, 2.05) is 6.07 Å². The Morgan fingerprint density at radius 1 is 1.47 bits per heavy atom. The predicted molar refractivity (Wildman–Crippen MR) is 57.5 cm³/mol. The van der Waals surface area contributed by atoms with Crippen molar-refractivity contribution in [2.75, 3.05) is 6.61 Å². The molecule has 1 aromatic carbocycles. The quantitative estimate of drug-likeness (QED) is 0.730. The highest BCUT2D eigenvalue weighted by molar-refractivity contribution is 5.95. The maximum absolute atomic E-state index is 13.0. The highest BCUT2D eigenvalue weighted by Gasteiger charge is 2.22. The maximum Gasteiger partial charge on any atom is 0.216 e. The molecule has 1 aliphatic rings. The lowest BCUT2D eigenvalue weighted by molar-refractivity contribution is 0.292. The molecule has 1 aromatic rings. The van der Waals surface area contributed by atoms with Gasteiger partial charge in [0, 0.05) is 5.56 Å². The largest absolute Gasteiger partial charge is 0.475 e. The molecule has 0 amide bonds. The molecule has 0 N–H and O–H groups in total. The minimum atomic E-state index is -0.258. The highest BCUT2D eigenvalue weighted by Crippen LogP contribution is 2.17. The fourth-order valence-corrected chi connectivity index (χ4v) is 1.51. The van der Waals surface area contributed by atoms with Crippen LogP contribution in [-0.2, 0) is 4.74 Å². The van der Waals surface area contributed by atoms with E-state index in [1.165, 1.54) is 12.1 Å². The number of hydrogen-bond donors (Lipinski definition) is 0. The van der Waals surface area contributed by atoms with Gasteiger partial charge in [-0.3, -0.25) is 0 Å². The Labute approximate surface area is 88.8 Å². The molecule has 0 fully saturated rings. The van der Waals surface area contributed by atoms with Gasteiger partial charge in [-0.2, -0.15) is 0 Å². The van der Waals surface area contributed by atoms with Crippen molar-refractivity contribution in [2.24, 2.45) is 10.9 Å². The molecule has 1 aliphatic heterocycles. The Kier molecular flexibility index (Phi) is 2.71. The first-order chi connectivity index (χ1) is 7.16. The second-order valence-electron chi connectivity index (χ2n) is 4.07. The summed E-state index contributed by atoms with van der Waals surface area (Å²) < 4.78 is 18.4. The van der Waals surface area contributed by atoms with Crippen molar-refractivity contribution in [1.82, 2.24) is 0 Å². The number of benzene rings is 1. The molecule has 0 saturated heterocycles. The molecular weight excluding hydrogens is 193 g/mol. The molecule has 0 bridgehead atoms. The zero-order chi connectivity index (χ0) is 10.8. The molecule has 3 heteroatoms. The molecule has 2 nitrogen and oxygen atoms in total. The molecular formula is C12H14FNO. The molecule has 80 valence electrons. The summed E-state index contributed by atoms with van der Waals surface area (Å²) in [6, 6.07) is 6.54. The first-order valence-corrected chi connectivity index (χ1v) is 5.13. The van der Waals surface area contributed by atoms with Crippen molar-refractivity contribution in [1.29, 1.82) is 0 Å². The molecule has 0 aromatic heterocycles. The Hall–Kier alpha value is -1.38. The van der Waals surface area contributed by atoms with Gasteiger partial charge >= 0.3 is 0 Å². The third-order valence-corrected chi connectivity index (χ3v) is 2.52. The monoisotopic (exact) mass is 207 g/mol. The standard InChI is InChI=1S/C12H14FNO/c1-8(2)11-7-15-12(14-11)9-4-3-5-10(13)6-9/h3-6,8,11H,7H2,1-2H3/t11-/m0/s1. The number of nitrogens with zero attached hydrogens (tertiary/aromatic N) is 1. The van der Waals surface area contributed by atoms with Gasteiger partial charge in [0.2, 0.25) is 5.90 Å². The third-order valence-electron chi connectivity index (χ3n) is 2.52. The topological polar surface area (TPSA) is 21.6 Å². The zero-order valence-corrected chi connectivity index (χ0v) is 8.90. The van der Waals surface area contributed by atoms with E-state index in [2.05, 4.69) is 18.8 Å². The lowest BCUT2D eigenvalue weighted by atomic mass is 10.1. The first-order valence-electron chi connectivity index (χ1n) is 5.13. The van der Waals surface area contributed by atoms with E-state index in [-0.39, 0.29) is 11.9 Å². The summed E-state index contributed by atoms with van der Waals surface area (Å²) >= 11 is 0. The summed E-state index contributed by atoms with van der Waals surface area (Å²) in [7, 11) is 0. The molecule has 0 unspecified atom stereocenters. The number of ether oxygens (including phenoxy) is 1. The van der Waals surface area contributed by atoms with Crippen LogP contribution in [0.3, 0.4) is 0 Å². The molecule has 0 saturated carbocycles. The fourth-order valence-electron chi connectivity index (χ4n) is 1.51. The second-order valence-corrected chi connectivity index (χ2v) is 4.07. The van der Waals surface area contributed by atoms with Crippen molar-refractivity contribution in [3.05, 3.63) is 35.6 Å². The van der Waals surface area contributed by atoms with Crippen molar-refractivity contribution in [3.63, 3.8) is 0 Å². The van der Waals surface area contributed by atoms with Crippen LogP contribution in [0, 0.1) is 11.7 Å². The van der Waals surface area contributed by atoms with Gasteiger partial charge in [0.15, 0.2) is 0 Å². The molecule has 2 rings (SSSR count). The summed E-state index contributed by atoms with van der Waals surface area (Å²) in [6.45, 7) is 4.81. The number of rotatable bonds is 2. The van der Waals surface area contributed by atoms with E-state index in [0.29, 0.717) is 18.4 Å². The van der Waals surface area contributed by atoms with Gasteiger partial charge in [0.1, 0.15) is 12.4 Å². The molecule has 1 atom stereocenters. The Balaban J connectivity index is 2.22. The van der Waals surface area contributed by atoms with Gasteiger partial charge in [-0.1, -0.05) is 19.9 Å². The van der Waals surface area contributed by atoms with Crippen LogP contribution in [-0.4, -0.2) is 18.5 Å². The van der Waals surface area contributed by atoms with Crippen LogP contribution in [0.4, 0.5) is 4.39 Å². The minimum Gasteiger partial charge on any atom is -0.475 e. The lowest BCUT2D eigenvalue weighted by Crippen LogP contribution is -2.13. The maximum atomic E-state index is 13.0. The lowest BCUT2D eigenvalue weighted by Gasteiger charge is -2.06. The van der Waals surface area contributed by atoms with E-state index in [1.54, 1.807) is 6.07 Å². The summed E-state index contributed by atoms with van der Waals surface area (Å²) in [5.74, 6) is 0.760. The van der Waals surface area contributed by atoms with Gasteiger partial charge in [0.25, 0.3) is 0 Å². The summed E-state index contributed by atoms with van der Waals surface area (Å²) in [5, 5.41) is 0. The summed E-state index contributed by atoms with van der Waals surface area (Å²) in [5.41, 5.74) is 0.721. The van der Waals surface area contributed by atoms with Gasteiger partial charge in [-0.15, -0.1) is 0 Å². The minimum absolute atomic E-state index is 0.197. The van der Waals surface area contributed by atoms with Gasteiger partial charge in [-0.05, 0) is 24.1 Å². The molecule has 15 heavy (non-hydrogen) atoms. The highest BCUT2D eigenvalue weighted by atomic mass is 19.1. The third kappa shape index (κ3) is 2.17. The number of aliphatic imine (C=N–C) groups is 1. The Morgan fingerprint density at radius 2 is 2.27 bits per heavy atom. The van der Waals surface area contributed by atoms with Gasteiger partial charge < -0.3 is 4.74 Å². The van der Waals surface area contributed by atoms with Crippen molar-refractivity contribution in [2.45, 2.75) is 19.9 Å². The Bertz CT molecular complexity index is 387. The van der Waals surface area contributed by atoms with E-state index in [9.17, 15) is 4.39 Å².